The van der Waals surface area contributed by atoms with Gasteiger partial charge in [-0.2, -0.15) is 0 Å². The summed E-state index contributed by atoms with van der Waals surface area (Å²) in [6, 6.07) is 18.8. The van der Waals surface area contributed by atoms with Gasteiger partial charge in [0, 0.05) is 34.1 Å². The van der Waals surface area contributed by atoms with E-state index in [1.807, 2.05) is 36.4 Å². The van der Waals surface area contributed by atoms with E-state index in [1.165, 1.54) is 0 Å². The van der Waals surface area contributed by atoms with Crippen molar-refractivity contribution in [3.8, 4) is 5.75 Å². The van der Waals surface area contributed by atoms with Gasteiger partial charge in [0.25, 0.3) is 5.91 Å². The summed E-state index contributed by atoms with van der Waals surface area (Å²) in [5.74, 6) is 0.262. The Kier molecular flexibility index (Phi) is 5.15. The lowest BCUT2D eigenvalue weighted by atomic mass is 10.1. The highest BCUT2D eigenvalue weighted by atomic mass is 16.5. The molecular formula is C25H23N3O4. The second-order valence-electron chi connectivity index (χ2n) is 7.88. The van der Waals surface area contributed by atoms with Gasteiger partial charge in [-0.3, -0.25) is 9.59 Å². The summed E-state index contributed by atoms with van der Waals surface area (Å²) in [5, 5.41) is 10.9. The number of anilines is 2. The molecule has 3 aromatic carbocycles. The monoisotopic (exact) mass is 429 g/mol. The van der Waals surface area contributed by atoms with E-state index in [9.17, 15) is 9.59 Å². The highest BCUT2D eigenvalue weighted by Crippen LogP contribution is 2.36. The number of rotatable bonds is 7. The molecule has 1 heterocycles. The number of fused-ring (bicyclic) bond motifs is 3. The van der Waals surface area contributed by atoms with Crippen molar-refractivity contribution < 1.29 is 18.7 Å². The van der Waals surface area contributed by atoms with Crippen LogP contribution in [0, 0.1) is 0 Å². The van der Waals surface area contributed by atoms with Gasteiger partial charge >= 0.3 is 0 Å². The molecule has 1 aromatic heterocycles. The topological polar surface area (TPSA) is 92.6 Å². The molecule has 5 rings (SSSR count). The van der Waals surface area contributed by atoms with Crippen LogP contribution in [0.4, 0.5) is 11.4 Å². The van der Waals surface area contributed by atoms with E-state index in [1.54, 1.807) is 31.4 Å². The third-order valence-electron chi connectivity index (χ3n) is 5.46. The summed E-state index contributed by atoms with van der Waals surface area (Å²) in [4.78, 5) is 24.7. The van der Waals surface area contributed by atoms with Gasteiger partial charge < -0.3 is 25.1 Å². The smallest absolute Gasteiger partial charge is 0.251 e. The average Bonchev–Trinajstić information content (AvgIpc) is 3.55. The summed E-state index contributed by atoms with van der Waals surface area (Å²) in [6.07, 6.45) is 2.05. The van der Waals surface area contributed by atoms with Crippen LogP contribution in [0.5, 0.6) is 5.75 Å². The summed E-state index contributed by atoms with van der Waals surface area (Å²) < 4.78 is 11.4. The molecule has 0 spiro atoms. The number of hydrogen-bond donors (Lipinski definition) is 3. The number of nitrogens with one attached hydrogen (secondary N) is 3. The van der Waals surface area contributed by atoms with Crippen molar-refractivity contribution in [3.63, 3.8) is 0 Å². The van der Waals surface area contributed by atoms with Crippen LogP contribution in [0.15, 0.2) is 65.1 Å². The zero-order valence-corrected chi connectivity index (χ0v) is 17.6. The lowest BCUT2D eigenvalue weighted by molar-refractivity contribution is -0.114. The maximum Gasteiger partial charge on any atom is 0.251 e. The van der Waals surface area contributed by atoms with Crippen LogP contribution in [0.1, 0.15) is 23.2 Å². The zero-order valence-electron chi connectivity index (χ0n) is 17.6. The summed E-state index contributed by atoms with van der Waals surface area (Å²) in [7, 11) is 1.59. The first-order valence-corrected chi connectivity index (χ1v) is 10.5. The second-order valence-corrected chi connectivity index (χ2v) is 7.88. The molecule has 7 nitrogen and oxygen atoms in total. The van der Waals surface area contributed by atoms with Crippen molar-refractivity contribution in [2.24, 2.45) is 0 Å². The Hall–Kier alpha value is -4.00. The fourth-order valence-corrected chi connectivity index (χ4v) is 3.67. The van der Waals surface area contributed by atoms with Crippen molar-refractivity contribution in [1.29, 1.82) is 0 Å². The molecule has 3 N–H and O–H groups in total. The fraction of sp³-hybridized carbons (Fsp3) is 0.200. The Bertz CT molecular complexity index is 1320. The number of benzene rings is 3. The second kappa shape index (κ2) is 8.26. The number of hydrogen-bond acceptors (Lipinski definition) is 5. The summed E-state index contributed by atoms with van der Waals surface area (Å²) in [6.45, 7) is 0.0284. The number of amides is 2. The van der Waals surface area contributed by atoms with Crippen molar-refractivity contribution in [1.82, 2.24) is 5.32 Å². The SMILES string of the molecule is COc1cc2c(cc1NCC(=O)Nc1cccc(C(=O)NC3CC3)c1)oc1ccccc12. The maximum absolute atomic E-state index is 12.5. The Morgan fingerprint density at radius 2 is 1.84 bits per heavy atom. The average molecular weight is 429 g/mol. The highest BCUT2D eigenvalue weighted by Gasteiger charge is 2.23. The molecule has 1 aliphatic carbocycles. The highest BCUT2D eigenvalue weighted by molar-refractivity contribution is 6.07. The zero-order chi connectivity index (χ0) is 22.1. The molecule has 162 valence electrons. The Morgan fingerprint density at radius 3 is 2.66 bits per heavy atom. The first kappa shape index (κ1) is 19.9. The normalized spacial score (nSPS) is 13.2. The molecule has 1 fully saturated rings. The molecule has 0 radical (unpaired) electrons. The predicted molar refractivity (Wildman–Crippen MR) is 124 cm³/mol. The van der Waals surface area contributed by atoms with Crippen LogP contribution in [-0.2, 0) is 4.79 Å². The lowest BCUT2D eigenvalue weighted by Gasteiger charge is -2.12. The quantitative estimate of drug-likeness (QED) is 0.401. The summed E-state index contributed by atoms with van der Waals surface area (Å²) in [5.41, 5.74) is 3.26. The molecule has 0 aliphatic heterocycles. The van der Waals surface area contributed by atoms with Gasteiger partial charge in [0.2, 0.25) is 5.91 Å². The summed E-state index contributed by atoms with van der Waals surface area (Å²) >= 11 is 0. The minimum atomic E-state index is -0.239. The maximum atomic E-state index is 12.5. The third-order valence-corrected chi connectivity index (χ3v) is 5.46. The molecule has 1 saturated carbocycles. The van der Waals surface area contributed by atoms with Crippen LogP contribution < -0.4 is 20.7 Å². The van der Waals surface area contributed by atoms with E-state index < -0.39 is 0 Å². The van der Waals surface area contributed by atoms with Crippen LogP contribution in [0.3, 0.4) is 0 Å². The standard InChI is InChI=1S/C25H23N3O4/c1-31-23-12-19-18-7-2-3-8-21(18)32-22(19)13-20(23)26-14-24(29)27-17-6-4-5-15(11-17)25(30)28-16-9-10-16/h2-8,11-13,16,26H,9-10,14H2,1H3,(H,27,29)(H,28,30). The predicted octanol–water partition coefficient (Wildman–Crippen LogP) is 4.54. The number of ether oxygens (including phenoxy) is 1. The number of furan rings is 1. The Labute approximate surface area is 184 Å². The fourth-order valence-electron chi connectivity index (χ4n) is 3.67. The van der Waals surface area contributed by atoms with Crippen molar-refractivity contribution >= 4 is 45.1 Å². The van der Waals surface area contributed by atoms with Gasteiger partial charge in [-0.25, -0.2) is 0 Å². The Balaban J connectivity index is 1.28. The number of carbonyl (C=O) groups excluding carboxylic acids is 2. The molecular weight excluding hydrogens is 406 g/mol. The lowest BCUT2D eigenvalue weighted by Crippen LogP contribution is -2.26. The van der Waals surface area contributed by atoms with Crippen LogP contribution >= 0.6 is 0 Å². The molecule has 4 aromatic rings. The number of para-hydroxylation sites is 1. The molecule has 0 saturated heterocycles. The minimum Gasteiger partial charge on any atom is -0.495 e. The minimum absolute atomic E-state index is 0.0284. The number of carbonyl (C=O) groups is 2. The molecule has 7 heteroatoms. The van der Waals surface area contributed by atoms with Gasteiger partial charge in [0.05, 0.1) is 19.3 Å². The first-order valence-electron chi connectivity index (χ1n) is 10.5. The van der Waals surface area contributed by atoms with Crippen LogP contribution in [0.25, 0.3) is 21.9 Å². The number of methoxy groups -OCH3 is 1. The van der Waals surface area contributed by atoms with Crippen LogP contribution in [0.2, 0.25) is 0 Å². The van der Waals surface area contributed by atoms with Gasteiger partial charge in [-0.05, 0) is 43.2 Å². The first-order chi connectivity index (χ1) is 15.6. The van der Waals surface area contributed by atoms with E-state index in [2.05, 4.69) is 16.0 Å². The van der Waals surface area contributed by atoms with Crippen molar-refractivity contribution in [2.75, 3.05) is 24.3 Å². The molecule has 0 atom stereocenters. The molecule has 1 aliphatic rings. The van der Waals surface area contributed by atoms with Gasteiger partial charge in [-0.15, -0.1) is 0 Å². The van der Waals surface area contributed by atoms with Gasteiger partial charge in [-0.1, -0.05) is 24.3 Å². The van der Waals surface area contributed by atoms with E-state index in [4.69, 9.17) is 9.15 Å². The van der Waals surface area contributed by atoms with E-state index in [0.29, 0.717) is 28.3 Å². The van der Waals surface area contributed by atoms with Crippen molar-refractivity contribution in [2.45, 2.75) is 18.9 Å². The van der Waals surface area contributed by atoms with E-state index >= 15 is 0 Å². The molecule has 0 unspecified atom stereocenters. The molecule has 32 heavy (non-hydrogen) atoms. The van der Waals surface area contributed by atoms with Crippen LogP contribution in [-0.4, -0.2) is 31.5 Å². The molecule has 0 bridgehead atoms. The molecule has 2 amide bonds. The van der Waals surface area contributed by atoms with Gasteiger partial charge in [0.15, 0.2) is 0 Å². The van der Waals surface area contributed by atoms with E-state index in [-0.39, 0.29) is 24.4 Å². The third kappa shape index (κ3) is 4.09. The van der Waals surface area contributed by atoms with Gasteiger partial charge in [0.1, 0.15) is 16.9 Å². The van der Waals surface area contributed by atoms with E-state index in [0.717, 1.165) is 29.2 Å². The Morgan fingerprint density at radius 1 is 1.00 bits per heavy atom. The van der Waals surface area contributed by atoms with Crippen molar-refractivity contribution in [3.05, 3.63) is 66.2 Å². The largest absolute Gasteiger partial charge is 0.495 e.